The van der Waals surface area contributed by atoms with Gasteiger partial charge in [0.1, 0.15) is 5.75 Å². The van der Waals surface area contributed by atoms with Gasteiger partial charge < -0.3 is 15.8 Å². The van der Waals surface area contributed by atoms with Crippen molar-refractivity contribution in [3.8, 4) is 5.75 Å². The SMILES string of the molecule is COc1cc(N)cc(C(=O)Nc2ccc(Cl)cc2Br)c1. The van der Waals surface area contributed by atoms with E-state index in [1.54, 1.807) is 36.4 Å². The standard InChI is InChI=1S/C14H12BrClN2O2/c1-20-11-5-8(4-10(17)7-11)14(19)18-13-3-2-9(16)6-12(13)15/h2-7H,17H2,1H3,(H,18,19). The van der Waals surface area contributed by atoms with Crippen LogP contribution in [0.25, 0.3) is 0 Å². The van der Waals surface area contributed by atoms with Gasteiger partial charge in [-0.2, -0.15) is 0 Å². The molecule has 3 N–H and O–H groups in total. The summed E-state index contributed by atoms with van der Waals surface area (Å²) in [7, 11) is 1.52. The van der Waals surface area contributed by atoms with E-state index in [0.29, 0.717) is 32.2 Å². The maximum absolute atomic E-state index is 12.2. The van der Waals surface area contributed by atoms with Gasteiger partial charge in [-0.05, 0) is 46.3 Å². The van der Waals surface area contributed by atoms with E-state index in [-0.39, 0.29) is 5.91 Å². The molecule has 0 aromatic heterocycles. The van der Waals surface area contributed by atoms with E-state index in [0.717, 1.165) is 0 Å². The fraction of sp³-hybridized carbons (Fsp3) is 0.0714. The summed E-state index contributed by atoms with van der Waals surface area (Å²) < 4.78 is 5.79. The fourth-order valence-corrected chi connectivity index (χ4v) is 2.44. The normalized spacial score (nSPS) is 10.2. The minimum atomic E-state index is -0.279. The Balaban J connectivity index is 2.26. The molecule has 0 heterocycles. The summed E-state index contributed by atoms with van der Waals surface area (Å²) in [6, 6.07) is 9.97. The molecule has 4 nitrogen and oxygen atoms in total. The molecular weight excluding hydrogens is 344 g/mol. The molecule has 0 saturated carbocycles. The number of rotatable bonds is 3. The predicted octanol–water partition coefficient (Wildman–Crippen LogP) is 3.95. The molecule has 2 aromatic carbocycles. The molecule has 1 amide bonds. The van der Waals surface area contributed by atoms with Crippen molar-refractivity contribution in [2.75, 3.05) is 18.2 Å². The highest BCUT2D eigenvalue weighted by Crippen LogP contribution is 2.27. The van der Waals surface area contributed by atoms with Crippen LogP contribution in [0, 0.1) is 0 Å². The van der Waals surface area contributed by atoms with Crippen LogP contribution < -0.4 is 15.8 Å². The van der Waals surface area contributed by atoms with Crippen LogP contribution in [0.15, 0.2) is 40.9 Å². The van der Waals surface area contributed by atoms with Crippen molar-refractivity contribution in [1.82, 2.24) is 0 Å². The first-order valence-corrected chi connectivity index (χ1v) is 6.87. The quantitative estimate of drug-likeness (QED) is 0.820. The average molecular weight is 356 g/mol. The lowest BCUT2D eigenvalue weighted by molar-refractivity contribution is 0.102. The monoisotopic (exact) mass is 354 g/mol. The molecule has 0 saturated heterocycles. The third kappa shape index (κ3) is 3.43. The molecule has 0 aliphatic heterocycles. The third-order valence-electron chi connectivity index (χ3n) is 2.61. The lowest BCUT2D eigenvalue weighted by atomic mass is 10.1. The molecule has 0 radical (unpaired) electrons. The lowest BCUT2D eigenvalue weighted by Crippen LogP contribution is -2.12. The molecule has 0 bridgehead atoms. The van der Waals surface area contributed by atoms with Crippen LogP contribution in [0.3, 0.4) is 0 Å². The first kappa shape index (κ1) is 14.7. The Labute approximate surface area is 130 Å². The molecule has 6 heteroatoms. The number of amides is 1. The zero-order chi connectivity index (χ0) is 14.7. The van der Waals surface area contributed by atoms with Crippen LogP contribution in [0.1, 0.15) is 10.4 Å². The van der Waals surface area contributed by atoms with Gasteiger partial charge in [0.25, 0.3) is 5.91 Å². The molecule has 2 rings (SSSR count). The first-order valence-electron chi connectivity index (χ1n) is 5.70. The molecule has 2 aromatic rings. The maximum Gasteiger partial charge on any atom is 0.255 e. The Morgan fingerprint density at radius 3 is 2.70 bits per heavy atom. The molecule has 0 spiro atoms. The van der Waals surface area contributed by atoms with Gasteiger partial charge in [-0.3, -0.25) is 4.79 Å². The largest absolute Gasteiger partial charge is 0.497 e. The second kappa shape index (κ2) is 6.15. The molecule has 0 fully saturated rings. The van der Waals surface area contributed by atoms with E-state index >= 15 is 0 Å². The summed E-state index contributed by atoms with van der Waals surface area (Å²) in [5, 5.41) is 3.36. The molecule has 0 aliphatic rings. The van der Waals surface area contributed by atoms with Crippen molar-refractivity contribution in [3.63, 3.8) is 0 Å². The second-order valence-electron chi connectivity index (χ2n) is 4.07. The van der Waals surface area contributed by atoms with Gasteiger partial charge in [-0.25, -0.2) is 0 Å². The number of ether oxygens (including phenoxy) is 1. The number of benzene rings is 2. The van der Waals surface area contributed by atoms with Crippen molar-refractivity contribution in [2.24, 2.45) is 0 Å². The van der Waals surface area contributed by atoms with Crippen LogP contribution in [-0.4, -0.2) is 13.0 Å². The van der Waals surface area contributed by atoms with Crippen molar-refractivity contribution in [1.29, 1.82) is 0 Å². The second-order valence-corrected chi connectivity index (χ2v) is 5.36. The van der Waals surface area contributed by atoms with Crippen molar-refractivity contribution < 1.29 is 9.53 Å². The number of hydrogen-bond donors (Lipinski definition) is 2. The maximum atomic E-state index is 12.2. The van der Waals surface area contributed by atoms with Crippen LogP contribution in [0.2, 0.25) is 5.02 Å². The molecule has 104 valence electrons. The number of carbonyl (C=O) groups is 1. The topological polar surface area (TPSA) is 64.3 Å². The van der Waals surface area contributed by atoms with E-state index in [1.165, 1.54) is 7.11 Å². The Morgan fingerprint density at radius 2 is 2.05 bits per heavy atom. The van der Waals surface area contributed by atoms with Crippen LogP contribution in [0.5, 0.6) is 5.75 Å². The van der Waals surface area contributed by atoms with Gasteiger partial charge in [0, 0.05) is 26.8 Å². The number of anilines is 2. The van der Waals surface area contributed by atoms with Gasteiger partial charge in [0.05, 0.1) is 12.8 Å². The van der Waals surface area contributed by atoms with E-state index < -0.39 is 0 Å². The van der Waals surface area contributed by atoms with Gasteiger partial charge in [-0.15, -0.1) is 0 Å². The molecule has 0 aliphatic carbocycles. The summed E-state index contributed by atoms with van der Waals surface area (Å²) >= 11 is 9.20. The van der Waals surface area contributed by atoms with E-state index in [1.807, 2.05) is 0 Å². The van der Waals surface area contributed by atoms with Gasteiger partial charge in [-0.1, -0.05) is 11.6 Å². The summed E-state index contributed by atoms with van der Waals surface area (Å²) in [4.78, 5) is 12.2. The number of carbonyl (C=O) groups excluding carboxylic acids is 1. The zero-order valence-corrected chi connectivity index (χ0v) is 13.0. The molecule has 0 unspecified atom stereocenters. The Hall–Kier alpha value is -1.72. The van der Waals surface area contributed by atoms with E-state index in [4.69, 9.17) is 22.1 Å². The Kier molecular flexibility index (Phi) is 4.52. The summed E-state index contributed by atoms with van der Waals surface area (Å²) in [5.41, 5.74) is 7.24. The van der Waals surface area contributed by atoms with Crippen LogP contribution in [0.4, 0.5) is 11.4 Å². The van der Waals surface area contributed by atoms with Gasteiger partial charge >= 0.3 is 0 Å². The lowest BCUT2D eigenvalue weighted by Gasteiger charge is -2.09. The third-order valence-corrected chi connectivity index (χ3v) is 3.50. The van der Waals surface area contributed by atoms with Gasteiger partial charge in [0.2, 0.25) is 0 Å². The van der Waals surface area contributed by atoms with Crippen molar-refractivity contribution in [3.05, 3.63) is 51.5 Å². The van der Waals surface area contributed by atoms with Gasteiger partial charge in [0.15, 0.2) is 0 Å². The predicted molar refractivity (Wildman–Crippen MR) is 84.5 cm³/mol. The smallest absolute Gasteiger partial charge is 0.255 e. The van der Waals surface area contributed by atoms with E-state index in [9.17, 15) is 4.79 Å². The average Bonchev–Trinajstić information content (AvgIpc) is 2.41. The highest BCUT2D eigenvalue weighted by molar-refractivity contribution is 9.10. The minimum Gasteiger partial charge on any atom is -0.497 e. The highest BCUT2D eigenvalue weighted by Gasteiger charge is 2.10. The minimum absolute atomic E-state index is 0.279. The van der Waals surface area contributed by atoms with Crippen LogP contribution in [-0.2, 0) is 0 Å². The Morgan fingerprint density at radius 1 is 1.30 bits per heavy atom. The van der Waals surface area contributed by atoms with E-state index in [2.05, 4.69) is 21.2 Å². The first-order chi connectivity index (χ1) is 9.49. The number of hydrogen-bond acceptors (Lipinski definition) is 3. The number of methoxy groups -OCH3 is 1. The zero-order valence-electron chi connectivity index (χ0n) is 10.6. The fourth-order valence-electron chi connectivity index (χ4n) is 1.66. The van der Waals surface area contributed by atoms with Crippen LogP contribution >= 0.6 is 27.5 Å². The summed E-state index contributed by atoms with van der Waals surface area (Å²) in [5.74, 6) is 0.254. The number of nitrogens with one attached hydrogen (secondary N) is 1. The van der Waals surface area contributed by atoms with Crippen molar-refractivity contribution in [2.45, 2.75) is 0 Å². The summed E-state index contributed by atoms with van der Waals surface area (Å²) in [6.07, 6.45) is 0. The number of nitrogen functional groups attached to an aromatic ring is 1. The molecular formula is C14H12BrClN2O2. The summed E-state index contributed by atoms with van der Waals surface area (Å²) in [6.45, 7) is 0. The molecule has 0 atom stereocenters. The number of halogens is 2. The Bertz CT molecular complexity index is 662. The number of nitrogens with two attached hydrogens (primary N) is 1. The highest BCUT2D eigenvalue weighted by atomic mass is 79.9. The van der Waals surface area contributed by atoms with Crippen molar-refractivity contribution >= 4 is 44.8 Å². The molecule has 20 heavy (non-hydrogen) atoms.